The van der Waals surface area contributed by atoms with Crippen LogP contribution in [0.5, 0.6) is 11.5 Å². The van der Waals surface area contributed by atoms with Gasteiger partial charge in [-0.2, -0.15) is 0 Å². The van der Waals surface area contributed by atoms with Crippen LogP contribution >= 0.6 is 0 Å². The molecule has 0 radical (unpaired) electrons. The summed E-state index contributed by atoms with van der Waals surface area (Å²) in [4.78, 5) is 42.7. The highest BCUT2D eigenvalue weighted by molar-refractivity contribution is 5.99. The summed E-state index contributed by atoms with van der Waals surface area (Å²) in [7, 11) is 1.56. The van der Waals surface area contributed by atoms with E-state index in [2.05, 4.69) is 10.6 Å². The lowest BCUT2D eigenvalue weighted by Crippen LogP contribution is -2.59. The molecule has 3 atom stereocenters. The molecule has 40 heavy (non-hydrogen) atoms. The van der Waals surface area contributed by atoms with Crippen molar-refractivity contribution in [3.63, 3.8) is 0 Å². The van der Waals surface area contributed by atoms with E-state index in [1.165, 1.54) is 11.0 Å². The number of methoxy groups -OCH3 is 1. The van der Waals surface area contributed by atoms with Crippen molar-refractivity contribution in [1.82, 2.24) is 10.2 Å². The van der Waals surface area contributed by atoms with Gasteiger partial charge in [0.2, 0.25) is 5.91 Å². The van der Waals surface area contributed by atoms with Crippen LogP contribution in [0.15, 0.2) is 42.5 Å². The number of hydrogen-bond acceptors (Lipinski definition) is 6. The fourth-order valence-corrected chi connectivity index (χ4v) is 4.26. The van der Waals surface area contributed by atoms with Crippen LogP contribution in [0.3, 0.4) is 0 Å². The van der Waals surface area contributed by atoms with Gasteiger partial charge in [-0.25, -0.2) is 4.79 Å². The average Bonchev–Trinajstić information content (AvgIpc) is 2.85. The molecule has 3 N–H and O–H groups in total. The highest BCUT2D eigenvalue weighted by Crippen LogP contribution is 2.34. The maximum atomic E-state index is 14.4. The average molecular weight is 556 g/mol. The number of hydrogen-bond donors (Lipinski definition) is 3. The van der Waals surface area contributed by atoms with Gasteiger partial charge in [-0.15, -0.1) is 0 Å². The molecular formula is C31H45N3O6. The summed E-state index contributed by atoms with van der Waals surface area (Å²) in [6, 6.07) is 9.68. The molecule has 0 aliphatic carbocycles. The maximum Gasteiger partial charge on any atom is 0.408 e. The van der Waals surface area contributed by atoms with Gasteiger partial charge in [0.05, 0.1) is 7.11 Å². The number of ether oxygens (including phenoxy) is 2. The molecule has 0 spiro atoms. The van der Waals surface area contributed by atoms with E-state index >= 15 is 0 Å². The van der Waals surface area contributed by atoms with E-state index < -0.39 is 41.1 Å². The van der Waals surface area contributed by atoms with Crippen molar-refractivity contribution in [2.45, 2.75) is 92.0 Å². The van der Waals surface area contributed by atoms with Crippen molar-refractivity contribution < 1.29 is 29.0 Å². The number of amides is 3. The lowest BCUT2D eigenvalue weighted by Gasteiger charge is -2.44. The van der Waals surface area contributed by atoms with Crippen LogP contribution < -0.4 is 15.4 Å². The number of carbonyl (C=O) groups excluding carboxylic acids is 3. The van der Waals surface area contributed by atoms with Crippen molar-refractivity contribution >= 4 is 23.6 Å². The van der Waals surface area contributed by atoms with Gasteiger partial charge in [-0.3, -0.25) is 9.59 Å². The van der Waals surface area contributed by atoms with Gasteiger partial charge in [-0.05, 0) is 102 Å². The van der Waals surface area contributed by atoms with Crippen LogP contribution in [-0.2, 0) is 14.3 Å². The zero-order valence-electron chi connectivity index (χ0n) is 25.4. The molecule has 0 saturated carbocycles. The van der Waals surface area contributed by atoms with Gasteiger partial charge < -0.3 is 30.1 Å². The van der Waals surface area contributed by atoms with Gasteiger partial charge >= 0.3 is 6.09 Å². The topological polar surface area (TPSA) is 117 Å². The lowest BCUT2D eigenvalue weighted by molar-refractivity contribution is -0.147. The molecule has 3 unspecified atom stereocenters. The van der Waals surface area contributed by atoms with Gasteiger partial charge in [-0.1, -0.05) is 26.3 Å². The Bertz CT molecular complexity index is 1180. The van der Waals surface area contributed by atoms with E-state index in [0.29, 0.717) is 29.0 Å². The second-order valence-corrected chi connectivity index (χ2v) is 12.1. The molecule has 2 aromatic carbocycles. The van der Waals surface area contributed by atoms with E-state index in [0.717, 1.165) is 0 Å². The van der Waals surface area contributed by atoms with Crippen molar-refractivity contribution in [1.29, 1.82) is 0 Å². The number of anilines is 1. The maximum absolute atomic E-state index is 14.4. The Hall–Kier alpha value is -3.75. The number of alkyl carbamates (subject to hydrolysis) is 1. The Morgan fingerprint density at radius 2 is 1.60 bits per heavy atom. The molecule has 0 bridgehead atoms. The zero-order chi connectivity index (χ0) is 30.4. The molecule has 9 nitrogen and oxygen atoms in total. The first-order valence-corrected chi connectivity index (χ1v) is 13.6. The molecule has 3 amide bonds. The minimum atomic E-state index is -1.08. The molecule has 0 aliphatic rings. The minimum Gasteiger partial charge on any atom is -0.508 e. The van der Waals surface area contributed by atoms with Gasteiger partial charge in [0.25, 0.3) is 5.91 Å². The summed E-state index contributed by atoms with van der Waals surface area (Å²) < 4.78 is 10.7. The third-order valence-corrected chi connectivity index (χ3v) is 6.51. The van der Waals surface area contributed by atoms with Crippen molar-refractivity contribution in [2.75, 3.05) is 12.4 Å². The Morgan fingerprint density at radius 3 is 2.08 bits per heavy atom. The summed E-state index contributed by atoms with van der Waals surface area (Å²) in [5.74, 6) is -0.403. The van der Waals surface area contributed by atoms with Crippen LogP contribution in [0, 0.1) is 12.8 Å². The summed E-state index contributed by atoms with van der Waals surface area (Å²) in [6.45, 7) is 16.3. The van der Waals surface area contributed by atoms with Gasteiger partial charge in [0, 0.05) is 11.2 Å². The number of benzene rings is 2. The molecule has 220 valence electrons. The predicted molar refractivity (Wildman–Crippen MR) is 156 cm³/mol. The summed E-state index contributed by atoms with van der Waals surface area (Å²) in [6.07, 6.45) is -0.106. The zero-order valence-corrected chi connectivity index (χ0v) is 25.4. The molecule has 0 fully saturated rings. The highest BCUT2D eigenvalue weighted by atomic mass is 16.6. The third kappa shape index (κ3) is 8.63. The SMILES string of the molecule is CCC(C)C(NC(=O)OC(C)(C)C)C(=O)N(C(C(=O)Nc1ccc(OC)cc1)c1ccc(O)c(C)c1)C(C)(C)C. The van der Waals surface area contributed by atoms with E-state index in [1.807, 2.05) is 34.6 Å². The fourth-order valence-electron chi connectivity index (χ4n) is 4.26. The quantitative estimate of drug-likeness (QED) is 0.352. The monoisotopic (exact) mass is 555 g/mol. The number of aromatic hydroxyl groups is 1. The first kappa shape index (κ1) is 32.5. The third-order valence-electron chi connectivity index (χ3n) is 6.51. The molecule has 9 heteroatoms. The van der Waals surface area contributed by atoms with Crippen molar-refractivity contribution in [2.24, 2.45) is 5.92 Å². The van der Waals surface area contributed by atoms with Gasteiger partial charge in [0.1, 0.15) is 29.2 Å². The van der Waals surface area contributed by atoms with E-state index in [4.69, 9.17) is 9.47 Å². The summed E-state index contributed by atoms with van der Waals surface area (Å²) in [5.41, 5.74) is 0.0157. The molecule has 0 saturated heterocycles. The first-order valence-electron chi connectivity index (χ1n) is 13.6. The van der Waals surface area contributed by atoms with Gasteiger partial charge in [0.15, 0.2) is 0 Å². The molecule has 0 aliphatic heterocycles. The molecule has 2 rings (SSSR count). The number of rotatable bonds is 9. The largest absolute Gasteiger partial charge is 0.508 e. The van der Waals surface area contributed by atoms with E-state index in [9.17, 15) is 19.5 Å². The second kappa shape index (κ2) is 13.1. The van der Waals surface area contributed by atoms with E-state index in [1.54, 1.807) is 71.2 Å². The Labute approximate surface area is 238 Å². The van der Waals surface area contributed by atoms with Crippen LogP contribution in [0.2, 0.25) is 0 Å². The lowest BCUT2D eigenvalue weighted by atomic mass is 9.91. The van der Waals surface area contributed by atoms with Crippen LogP contribution in [-0.4, -0.2) is 52.2 Å². The highest BCUT2D eigenvalue weighted by Gasteiger charge is 2.43. The van der Waals surface area contributed by atoms with Crippen molar-refractivity contribution in [3.8, 4) is 11.5 Å². The Balaban J connectivity index is 2.63. The number of carbonyl (C=O) groups is 3. The molecular weight excluding hydrogens is 510 g/mol. The first-order chi connectivity index (χ1) is 18.5. The molecule has 0 heterocycles. The molecule has 0 aromatic heterocycles. The molecule has 2 aromatic rings. The predicted octanol–water partition coefficient (Wildman–Crippen LogP) is 5.96. The van der Waals surface area contributed by atoms with Crippen LogP contribution in [0.1, 0.15) is 79.0 Å². The minimum absolute atomic E-state index is 0.0794. The normalized spacial score (nSPS) is 13.9. The number of phenolic OH excluding ortho intramolecular Hbond substituents is 1. The number of phenols is 1. The number of nitrogens with one attached hydrogen (secondary N) is 2. The van der Waals surface area contributed by atoms with Crippen LogP contribution in [0.4, 0.5) is 10.5 Å². The summed E-state index contributed by atoms with van der Waals surface area (Å²) >= 11 is 0. The van der Waals surface area contributed by atoms with E-state index in [-0.39, 0.29) is 11.7 Å². The summed E-state index contributed by atoms with van der Waals surface area (Å²) in [5, 5.41) is 15.9. The standard InChI is InChI=1S/C31H45N3O6/c1-11-19(2)25(33-29(38)40-31(7,8)9)28(37)34(30(4,5)6)26(21-12-17-24(35)20(3)18-21)27(36)32-22-13-15-23(39-10)16-14-22/h12-19,25-26,35H,11H2,1-10H3,(H,32,36)(H,33,38). The Kier molecular flexibility index (Phi) is 10.6. The number of nitrogens with zero attached hydrogens (tertiary/aromatic N) is 1. The fraction of sp³-hybridized carbons (Fsp3) is 0.516. The smallest absolute Gasteiger partial charge is 0.408 e. The number of aryl methyl sites for hydroxylation is 1. The Morgan fingerprint density at radius 1 is 1.00 bits per heavy atom. The second-order valence-electron chi connectivity index (χ2n) is 12.1. The van der Waals surface area contributed by atoms with Crippen LogP contribution in [0.25, 0.3) is 0 Å². The van der Waals surface area contributed by atoms with Crippen molar-refractivity contribution in [3.05, 3.63) is 53.6 Å².